The quantitative estimate of drug-likeness (QED) is 0.846. The van der Waals surface area contributed by atoms with Crippen molar-refractivity contribution in [2.24, 2.45) is 5.73 Å². The second kappa shape index (κ2) is 8.47. The minimum atomic E-state index is -0.491. The molecular formula is C14H22Cl2N2O2. The summed E-state index contributed by atoms with van der Waals surface area (Å²) in [4.78, 5) is 12.0. The molecule has 1 amide bonds. The summed E-state index contributed by atoms with van der Waals surface area (Å²) in [7, 11) is 1.55. The summed E-state index contributed by atoms with van der Waals surface area (Å²) < 4.78 is 5.10. The van der Waals surface area contributed by atoms with Gasteiger partial charge in [-0.2, -0.15) is 0 Å². The number of methoxy groups -OCH3 is 1. The highest BCUT2D eigenvalue weighted by Crippen LogP contribution is 2.23. The molecule has 114 valence electrons. The number of carbonyl (C=O) groups is 1. The third-order valence-corrected chi connectivity index (χ3v) is 3.24. The van der Waals surface area contributed by atoms with Gasteiger partial charge in [-0.05, 0) is 31.5 Å². The van der Waals surface area contributed by atoms with Crippen LogP contribution >= 0.6 is 24.0 Å². The fraction of sp³-hybridized carbons (Fsp3) is 0.500. The summed E-state index contributed by atoms with van der Waals surface area (Å²) >= 11 is 5.97. The van der Waals surface area contributed by atoms with Gasteiger partial charge in [0.05, 0.1) is 18.1 Å². The molecule has 6 heteroatoms. The van der Waals surface area contributed by atoms with Gasteiger partial charge in [-0.15, -0.1) is 12.4 Å². The Balaban J connectivity index is 0.00000361. The molecule has 0 aliphatic carbocycles. The molecule has 0 bridgehead atoms. The van der Waals surface area contributed by atoms with Gasteiger partial charge in [0, 0.05) is 18.7 Å². The van der Waals surface area contributed by atoms with Crippen molar-refractivity contribution in [3.63, 3.8) is 0 Å². The first-order valence-corrected chi connectivity index (χ1v) is 6.56. The van der Waals surface area contributed by atoms with E-state index in [0.29, 0.717) is 11.6 Å². The molecule has 4 nitrogen and oxygen atoms in total. The number of carbonyl (C=O) groups excluding carboxylic acids is 1. The average molecular weight is 321 g/mol. The molecule has 0 spiro atoms. The molecule has 1 unspecified atom stereocenters. The van der Waals surface area contributed by atoms with E-state index in [1.807, 2.05) is 32.0 Å². The monoisotopic (exact) mass is 320 g/mol. The van der Waals surface area contributed by atoms with E-state index < -0.39 is 5.54 Å². The number of nitrogens with one attached hydrogen (secondary N) is 1. The first-order valence-electron chi connectivity index (χ1n) is 6.19. The summed E-state index contributed by atoms with van der Waals surface area (Å²) in [5.41, 5.74) is 5.97. The van der Waals surface area contributed by atoms with Crippen LogP contribution in [-0.2, 0) is 15.1 Å². The number of amides is 1. The molecule has 1 rings (SSSR count). The van der Waals surface area contributed by atoms with Gasteiger partial charge in [-0.1, -0.05) is 23.7 Å². The fourth-order valence-corrected chi connectivity index (χ4v) is 2.01. The zero-order valence-electron chi connectivity index (χ0n) is 12.0. The van der Waals surface area contributed by atoms with Gasteiger partial charge >= 0.3 is 0 Å². The van der Waals surface area contributed by atoms with Crippen molar-refractivity contribution in [3.8, 4) is 0 Å². The third-order valence-electron chi connectivity index (χ3n) is 3.01. The summed E-state index contributed by atoms with van der Waals surface area (Å²) in [6.45, 7) is 4.18. The van der Waals surface area contributed by atoms with Gasteiger partial charge in [0.1, 0.15) is 0 Å². The molecule has 0 fully saturated rings. The Kier molecular flexibility index (Phi) is 8.13. The highest BCUT2D eigenvalue weighted by Gasteiger charge is 2.24. The van der Waals surface area contributed by atoms with Crippen LogP contribution in [0.4, 0.5) is 0 Å². The lowest BCUT2D eigenvalue weighted by Crippen LogP contribution is -2.43. The van der Waals surface area contributed by atoms with E-state index >= 15 is 0 Å². The van der Waals surface area contributed by atoms with Gasteiger partial charge in [0.15, 0.2) is 0 Å². The standard InChI is InChI=1S/C14H21ClN2O2.ClH/c1-14(2,10-5-4-6-11(15)7-10)17-13(18)8-12(9-16)19-3;/h4-7,12H,8-9,16H2,1-3H3,(H,17,18);1H. The maximum Gasteiger partial charge on any atom is 0.223 e. The summed E-state index contributed by atoms with van der Waals surface area (Å²) in [5.74, 6) is -0.0951. The maximum atomic E-state index is 12.0. The zero-order chi connectivity index (χ0) is 14.5. The Morgan fingerprint density at radius 1 is 1.50 bits per heavy atom. The molecule has 0 saturated carbocycles. The Hall–Kier alpha value is -0.810. The maximum absolute atomic E-state index is 12.0. The van der Waals surface area contributed by atoms with Gasteiger partial charge in [-0.3, -0.25) is 4.79 Å². The van der Waals surface area contributed by atoms with E-state index in [9.17, 15) is 4.79 Å². The van der Waals surface area contributed by atoms with E-state index in [1.54, 1.807) is 13.2 Å². The number of nitrogens with two attached hydrogens (primary N) is 1. The van der Waals surface area contributed by atoms with Gasteiger partial charge in [-0.25, -0.2) is 0 Å². The number of hydrogen-bond acceptors (Lipinski definition) is 3. The molecule has 0 saturated heterocycles. The normalized spacial score (nSPS) is 12.4. The van der Waals surface area contributed by atoms with Crippen molar-refractivity contribution in [1.82, 2.24) is 5.32 Å². The van der Waals surface area contributed by atoms with Crippen LogP contribution in [0.25, 0.3) is 0 Å². The Morgan fingerprint density at radius 3 is 2.65 bits per heavy atom. The van der Waals surface area contributed by atoms with Crippen LogP contribution in [0.2, 0.25) is 5.02 Å². The number of rotatable bonds is 6. The van der Waals surface area contributed by atoms with E-state index in [2.05, 4.69) is 5.32 Å². The van der Waals surface area contributed by atoms with Crippen LogP contribution in [0.15, 0.2) is 24.3 Å². The molecule has 0 aliphatic heterocycles. The molecule has 3 N–H and O–H groups in total. The van der Waals surface area contributed by atoms with Gasteiger partial charge in [0.2, 0.25) is 5.91 Å². The molecule has 0 aliphatic rings. The number of benzene rings is 1. The van der Waals surface area contributed by atoms with E-state index in [1.165, 1.54) is 0 Å². The van der Waals surface area contributed by atoms with Crippen LogP contribution in [0, 0.1) is 0 Å². The summed E-state index contributed by atoms with van der Waals surface area (Å²) in [6.07, 6.45) is -0.00746. The van der Waals surface area contributed by atoms with Crippen LogP contribution in [-0.4, -0.2) is 25.7 Å². The summed E-state index contributed by atoms with van der Waals surface area (Å²) in [5, 5.41) is 3.62. The van der Waals surface area contributed by atoms with Crippen LogP contribution in [0.5, 0.6) is 0 Å². The van der Waals surface area contributed by atoms with Crippen LogP contribution in [0.1, 0.15) is 25.8 Å². The Morgan fingerprint density at radius 2 is 2.15 bits per heavy atom. The average Bonchev–Trinajstić information content (AvgIpc) is 2.35. The van der Waals surface area contributed by atoms with Crippen molar-refractivity contribution in [2.75, 3.05) is 13.7 Å². The van der Waals surface area contributed by atoms with Crippen molar-refractivity contribution in [1.29, 1.82) is 0 Å². The SMILES string of the molecule is COC(CN)CC(=O)NC(C)(C)c1cccc(Cl)c1.Cl. The molecule has 0 heterocycles. The number of halogens is 2. The van der Waals surface area contributed by atoms with Crippen LogP contribution < -0.4 is 11.1 Å². The summed E-state index contributed by atoms with van der Waals surface area (Å²) in [6, 6.07) is 7.45. The lowest BCUT2D eigenvalue weighted by molar-refractivity contribution is -0.125. The Labute approximate surface area is 131 Å². The fourth-order valence-electron chi connectivity index (χ4n) is 1.82. The number of hydrogen-bond donors (Lipinski definition) is 2. The molecule has 1 aromatic carbocycles. The second-order valence-electron chi connectivity index (χ2n) is 4.98. The highest BCUT2D eigenvalue weighted by atomic mass is 35.5. The molecule has 1 aromatic rings. The number of ether oxygens (including phenoxy) is 1. The molecule has 0 radical (unpaired) electrons. The lowest BCUT2D eigenvalue weighted by atomic mass is 9.94. The van der Waals surface area contributed by atoms with Crippen molar-refractivity contribution in [3.05, 3.63) is 34.9 Å². The van der Waals surface area contributed by atoms with E-state index in [0.717, 1.165) is 5.56 Å². The first-order chi connectivity index (χ1) is 8.89. The van der Waals surface area contributed by atoms with Crippen molar-refractivity contribution in [2.45, 2.75) is 31.9 Å². The second-order valence-corrected chi connectivity index (χ2v) is 5.42. The molecular weight excluding hydrogens is 299 g/mol. The van der Waals surface area contributed by atoms with Crippen molar-refractivity contribution >= 4 is 29.9 Å². The lowest BCUT2D eigenvalue weighted by Gasteiger charge is -2.28. The Bertz CT molecular complexity index is 435. The van der Waals surface area contributed by atoms with Crippen LogP contribution in [0.3, 0.4) is 0 Å². The zero-order valence-corrected chi connectivity index (χ0v) is 13.6. The highest BCUT2D eigenvalue weighted by molar-refractivity contribution is 6.30. The van der Waals surface area contributed by atoms with Gasteiger partial charge < -0.3 is 15.8 Å². The van der Waals surface area contributed by atoms with E-state index in [4.69, 9.17) is 22.1 Å². The smallest absolute Gasteiger partial charge is 0.223 e. The molecule has 20 heavy (non-hydrogen) atoms. The minimum Gasteiger partial charge on any atom is -0.380 e. The minimum absolute atomic E-state index is 0. The largest absolute Gasteiger partial charge is 0.380 e. The predicted molar refractivity (Wildman–Crippen MR) is 84.3 cm³/mol. The predicted octanol–water partition coefficient (Wildman–Crippen LogP) is 2.48. The molecule has 0 aromatic heterocycles. The van der Waals surface area contributed by atoms with Crippen molar-refractivity contribution < 1.29 is 9.53 Å². The van der Waals surface area contributed by atoms with E-state index in [-0.39, 0.29) is 30.8 Å². The molecule has 1 atom stereocenters. The third kappa shape index (κ3) is 5.67. The van der Waals surface area contributed by atoms with Gasteiger partial charge in [0.25, 0.3) is 0 Å². The topological polar surface area (TPSA) is 64.3 Å². The first kappa shape index (κ1) is 19.2.